The fourth-order valence-corrected chi connectivity index (χ4v) is 1.17. The maximum atomic E-state index is 11.5. The van der Waals surface area contributed by atoms with Gasteiger partial charge in [0.05, 0.1) is 12.2 Å². The number of carbonyl (C=O) groups is 1. The monoisotopic (exact) mass is 209 g/mol. The van der Waals surface area contributed by atoms with Crippen LogP contribution in [-0.2, 0) is 4.74 Å². The van der Waals surface area contributed by atoms with Gasteiger partial charge in [0.2, 0.25) is 0 Å². The second kappa shape index (κ2) is 5.36. The quantitative estimate of drug-likeness (QED) is 0.442. The lowest BCUT2D eigenvalue weighted by Gasteiger charge is -2.07. The Labute approximate surface area is 88.7 Å². The predicted molar refractivity (Wildman–Crippen MR) is 57.6 cm³/mol. The van der Waals surface area contributed by atoms with Gasteiger partial charge in [0, 0.05) is 18.7 Å². The molecule has 4 heteroatoms. The van der Waals surface area contributed by atoms with Crippen molar-refractivity contribution in [3.05, 3.63) is 29.3 Å². The molecule has 82 valence electrons. The molecule has 3 N–H and O–H groups in total. The largest absolute Gasteiger partial charge is 0.462 e. The Morgan fingerprint density at radius 2 is 2.27 bits per heavy atom. The molecule has 0 radical (unpaired) electrons. The van der Waals surface area contributed by atoms with Crippen LogP contribution in [0.1, 0.15) is 22.3 Å². The zero-order valence-corrected chi connectivity index (χ0v) is 8.69. The summed E-state index contributed by atoms with van der Waals surface area (Å²) in [6.45, 7) is 2.06. The predicted octanol–water partition coefficient (Wildman–Crippen LogP) is 1.12. The Balaban J connectivity index is 2.68. The first kappa shape index (κ1) is 11.5. The van der Waals surface area contributed by atoms with Crippen molar-refractivity contribution >= 4 is 11.7 Å². The number of aliphatic hydroxyl groups excluding tert-OH is 1. The number of ether oxygens (including phenoxy) is 1. The topological polar surface area (TPSA) is 72.6 Å². The number of esters is 1. The van der Waals surface area contributed by atoms with Gasteiger partial charge in [-0.1, -0.05) is 6.07 Å². The summed E-state index contributed by atoms with van der Waals surface area (Å²) in [6, 6.07) is 5.11. The highest BCUT2D eigenvalue weighted by Crippen LogP contribution is 2.13. The molecular formula is C11H15NO3. The number of aryl methyl sites for hydroxylation is 1. The van der Waals surface area contributed by atoms with Gasteiger partial charge in [0.1, 0.15) is 0 Å². The highest BCUT2D eigenvalue weighted by atomic mass is 16.5. The molecule has 0 aliphatic heterocycles. The zero-order valence-electron chi connectivity index (χ0n) is 8.69. The average molecular weight is 209 g/mol. The van der Waals surface area contributed by atoms with Gasteiger partial charge in [-0.15, -0.1) is 0 Å². The van der Waals surface area contributed by atoms with E-state index in [9.17, 15) is 4.79 Å². The van der Waals surface area contributed by atoms with Crippen molar-refractivity contribution in [3.63, 3.8) is 0 Å². The maximum absolute atomic E-state index is 11.5. The molecule has 0 aliphatic carbocycles. The first-order valence-electron chi connectivity index (χ1n) is 4.79. The Morgan fingerprint density at radius 1 is 1.53 bits per heavy atom. The molecule has 0 amide bonds. The van der Waals surface area contributed by atoms with Crippen molar-refractivity contribution in [2.45, 2.75) is 13.3 Å². The number of anilines is 1. The summed E-state index contributed by atoms with van der Waals surface area (Å²) in [6.07, 6.45) is 0.451. The van der Waals surface area contributed by atoms with Crippen LogP contribution in [0.4, 0.5) is 5.69 Å². The average Bonchev–Trinajstić information content (AvgIpc) is 2.22. The summed E-state index contributed by atoms with van der Waals surface area (Å²) >= 11 is 0. The van der Waals surface area contributed by atoms with Gasteiger partial charge in [-0.05, 0) is 24.6 Å². The van der Waals surface area contributed by atoms with Crippen LogP contribution in [0.2, 0.25) is 0 Å². The van der Waals surface area contributed by atoms with E-state index in [2.05, 4.69) is 0 Å². The van der Waals surface area contributed by atoms with Gasteiger partial charge >= 0.3 is 5.97 Å². The van der Waals surface area contributed by atoms with Crippen molar-refractivity contribution in [2.75, 3.05) is 18.9 Å². The number of hydrogen-bond donors (Lipinski definition) is 2. The molecule has 0 saturated carbocycles. The normalized spacial score (nSPS) is 10.0. The van der Waals surface area contributed by atoms with Crippen LogP contribution in [0.3, 0.4) is 0 Å². The molecule has 0 spiro atoms. The minimum absolute atomic E-state index is 0.0171. The number of hydrogen-bond acceptors (Lipinski definition) is 4. The Kier molecular flexibility index (Phi) is 4.12. The summed E-state index contributed by atoms with van der Waals surface area (Å²) in [4.78, 5) is 11.5. The lowest BCUT2D eigenvalue weighted by atomic mass is 10.1. The van der Waals surface area contributed by atoms with E-state index in [1.165, 1.54) is 0 Å². The number of nitrogen functional groups attached to an aromatic ring is 1. The minimum Gasteiger partial charge on any atom is -0.462 e. The van der Waals surface area contributed by atoms with Crippen molar-refractivity contribution in [1.29, 1.82) is 0 Å². The smallest absolute Gasteiger partial charge is 0.338 e. The van der Waals surface area contributed by atoms with Crippen LogP contribution in [-0.4, -0.2) is 24.3 Å². The molecule has 0 atom stereocenters. The summed E-state index contributed by atoms with van der Waals surface area (Å²) in [7, 11) is 0. The fourth-order valence-electron chi connectivity index (χ4n) is 1.17. The summed E-state index contributed by atoms with van der Waals surface area (Å²) in [5.41, 5.74) is 7.42. The van der Waals surface area contributed by atoms with Gasteiger partial charge in [-0.3, -0.25) is 0 Å². The number of carbonyl (C=O) groups excluding carboxylic acids is 1. The number of benzene rings is 1. The van der Waals surface area contributed by atoms with Gasteiger partial charge in [0.25, 0.3) is 0 Å². The second-order valence-electron chi connectivity index (χ2n) is 3.29. The molecule has 0 aliphatic rings. The minimum atomic E-state index is -0.395. The van der Waals surface area contributed by atoms with Crippen LogP contribution in [0.15, 0.2) is 18.2 Å². The highest BCUT2D eigenvalue weighted by Gasteiger charge is 2.10. The molecule has 1 aromatic rings. The number of nitrogens with two attached hydrogens (primary N) is 1. The first-order chi connectivity index (χ1) is 7.15. The first-order valence-corrected chi connectivity index (χ1v) is 4.79. The number of aliphatic hydroxyl groups is 1. The van der Waals surface area contributed by atoms with E-state index in [4.69, 9.17) is 15.6 Å². The lowest BCUT2D eigenvalue weighted by molar-refractivity contribution is 0.0481. The molecule has 15 heavy (non-hydrogen) atoms. The Morgan fingerprint density at radius 3 is 2.93 bits per heavy atom. The van der Waals surface area contributed by atoms with E-state index in [0.717, 1.165) is 5.56 Å². The molecular weight excluding hydrogens is 194 g/mol. The van der Waals surface area contributed by atoms with E-state index in [0.29, 0.717) is 17.7 Å². The molecule has 0 heterocycles. The van der Waals surface area contributed by atoms with Crippen LogP contribution in [0, 0.1) is 6.92 Å². The van der Waals surface area contributed by atoms with E-state index < -0.39 is 5.97 Å². The van der Waals surface area contributed by atoms with Gasteiger partial charge in [-0.25, -0.2) is 4.79 Å². The molecule has 1 rings (SSSR count). The Hall–Kier alpha value is -1.55. The van der Waals surface area contributed by atoms with Crippen LogP contribution in [0.5, 0.6) is 0 Å². The van der Waals surface area contributed by atoms with Crippen molar-refractivity contribution < 1.29 is 14.6 Å². The second-order valence-corrected chi connectivity index (χ2v) is 3.29. The standard InChI is InChI=1S/C11H15NO3/c1-8-3-4-9(12)7-10(8)11(14)15-6-2-5-13/h3-4,7,13H,2,5-6,12H2,1H3. The van der Waals surface area contributed by atoms with Gasteiger partial charge in [-0.2, -0.15) is 0 Å². The fraction of sp³-hybridized carbons (Fsp3) is 0.364. The Bertz CT molecular complexity index is 350. The van der Waals surface area contributed by atoms with Crippen LogP contribution >= 0.6 is 0 Å². The molecule has 0 fully saturated rings. The van der Waals surface area contributed by atoms with E-state index >= 15 is 0 Å². The van der Waals surface area contributed by atoms with Crippen LogP contribution < -0.4 is 5.73 Å². The molecule has 1 aromatic carbocycles. The summed E-state index contributed by atoms with van der Waals surface area (Å²) in [5, 5.41) is 8.54. The van der Waals surface area contributed by atoms with Crippen molar-refractivity contribution in [1.82, 2.24) is 0 Å². The van der Waals surface area contributed by atoms with Crippen LogP contribution in [0.25, 0.3) is 0 Å². The van der Waals surface area contributed by atoms with Gasteiger partial charge in [0.15, 0.2) is 0 Å². The molecule has 0 aromatic heterocycles. The zero-order chi connectivity index (χ0) is 11.3. The third-order valence-electron chi connectivity index (χ3n) is 2.02. The van der Waals surface area contributed by atoms with E-state index in [-0.39, 0.29) is 13.2 Å². The van der Waals surface area contributed by atoms with E-state index in [1.807, 2.05) is 6.92 Å². The molecule has 4 nitrogen and oxygen atoms in total. The maximum Gasteiger partial charge on any atom is 0.338 e. The lowest BCUT2D eigenvalue weighted by Crippen LogP contribution is -2.09. The van der Waals surface area contributed by atoms with Crippen molar-refractivity contribution in [3.8, 4) is 0 Å². The van der Waals surface area contributed by atoms with Gasteiger partial charge < -0.3 is 15.6 Å². The van der Waals surface area contributed by atoms with Crippen molar-refractivity contribution in [2.24, 2.45) is 0 Å². The third-order valence-corrected chi connectivity index (χ3v) is 2.02. The molecule has 0 saturated heterocycles. The molecule has 0 unspecified atom stereocenters. The highest BCUT2D eigenvalue weighted by molar-refractivity contribution is 5.92. The SMILES string of the molecule is Cc1ccc(N)cc1C(=O)OCCCO. The number of rotatable bonds is 4. The molecule has 0 bridgehead atoms. The summed E-state index contributed by atoms with van der Waals surface area (Å²) in [5.74, 6) is -0.395. The summed E-state index contributed by atoms with van der Waals surface area (Å²) < 4.78 is 4.95. The van der Waals surface area contributed by atoms with E-state index in [1.54, 1.807) is 18.2 Å². The third kappa shape index (κ3) is 3.25.